The standard InChI is InChI=1S/C12H19NO3/c1-6-7-8-9(11(15)16-5)10(14)13(8)12(2,3)4/h6-9H,1-5H3/b7-6+/t8-,9-/m0/s1. The molecule has 0 N–H and O–H groups in total. The number of esters is 1. The molecule has 1 amide bonds. The molecule has 0 aromatic heterocycles. The van der Waals surface area contributed by atoms with Gasteiger partial charge in [0.05, 0.1) is 13.2 Å². The summed E-state index contributed by atoms with van der Waals surface area (Å²) in [4.78, 5) is 25.1. The number of β-lactam (4-membered cyclic amide) rings is 1. The summed E-state index contributed by atoms with van der Waals surface area (Å²) in [5.74, 6) is -1.27. The monoisotopic (exact) mass is 225 g/mol. The Labute approximate surface area is 96.3 Å². The van der Waals surface area contributed by atoms with Crippen molar-refractivity contribution in [2.45, 2.75) is 39.3 Å². The van der Waals surface area contributed by atoms with Crippen LogP contribution in [-0.4, -0.2) is 35.5 Å². The van der Waals surface area contributed by atoms with Gasteiger partial charge >= 0.3 is 5.97 Å². The number of hydrogen-bond donors (Lipinski definition) is 0. The van der Waals surface area contributed by atoms with Crippen LogP contribution in [0.15, 0.2) is 12.2 Å². The zero-order chi connectivity index (χ0) is 12.5. The number of carbonyl (C=O) groups is 2. The molecule has 1 rings (SSSR count). The molecule has 1 fully saturated rings. The number of rotatable bonds is 2. The molecule has 2 atom stereocenters. The van der Waals surface area contributed by atoms with E-state index in [-0.39, 0.29) is 17.5 Å². The van der Waals surface area contributed by atoms with Crippen molar-refractivity contribution in [1.29, 1.82) is 0 Å². The van der Waals surface area contributed by atoms with E-state index in [1.54, 1.807) is 4.90 Å². The predicted octanol–water partition coefficient (Wildman–Crippen LogP) is 1.36. The number of carbonyl (C=O) groups excluding carboxylic acids is 2. The minimum absolute atomic E-state index is 0.151. The Hall–Kier alpha value is -1.32. The van der Waals surface area contributed by atoms with E-state index in [0.717, 1.165) is 0 Å². The lowest BCUT2D eigenvalue weighted by Crippen LogP contribution is -2.68. The van der Waals surface area contributed by atoms with Crippen LogP contribution in [0.4, 0.5) is 0 Å². The van der Waals surface area contributed by atoms with Crippen molar-refractivity contribution in [2.75, 3.05) is 7.11 Å². The fraction of sp³-hybridized carbons (Fsp3) is 0.667. The van der Waals surface area contributed by atoms with Crippen LogP contribution in [-0.2, 0) is 14.3 Å². The molecule has 0 aliphatic carbocycles. The van der Waals surface area contributed by atoms with Gasteiger partial charge in [-0.3, -0.25) is 9.59 Å². The Bertz CT molecular complexity index is 328. The van der Waals surface area contributed by atoms with Crippen LogP contribution >= 0.6 is 0 Å². The lowest BCUT2D eigenvalue weighted by Gasteiger charge is -2.51. The van der Waals surface area contributed by atoms with Gasteiger partial charge in [0.1, 0.15) is 0 Å². The first kappa shape index (κ1) is 12.7. The summed E-state index contributed by atoms with van der Waals surface area (Å²) < 4.78 is 4.64. The second kappa shape index (κ2) is 4.28. The first-order valence-electron chi connectivity index (χ1n) is 5.38. The van der Waals surface area contributed by atoms with Crippen molar-refractivity contribution in [1.82, 2.24) is 4.90 Å². The minimum atomic E-state index is -0.666. The number of hydrogen-bond acceptors (Lipinski definition) is 3. The van der Waals surface area contributed by atoms with Crippen molar-refractivity contribution >= 4 is 11.9 Å². The average Bonchev–Trinajstić information content (AvgIpc) is 2.14. The van der Waals surface area contributed by atoms with Gasteiger partial charge in [0.2, 0.25) is 5.91 Å². The zero-order valence-electron chi connectivity index (χ0n) is 10.5. The fourth-order valence-corrected chi connectivity index (χ4v) is 2.05. The number of nitrogens with zero attached hydrogens (tertiary/aromatic N) is 1. The molecule has 16 heavy (non-hydrogen) atoms. The van der Waals surface area contributed by atoms with E-state index in [9.17, 15) is 9.59 Å². The maximum absolute atomic E-state index is 11.9. The number of methoxy groups -OCH3 is 1. The smallest absolute Gasteiger partial charge is 0.320 e. The van der Waals surface area contributed by atoms with E-state index in [0.29, 0.717) is 0 Å². The molecule has 0 aromatic rings. The highest BCUT2D eigenvalue weighted by Gasteiger charge is 2.54. The molecule has 1 heterocycles. The predicted molar refractivity (Wildman–Crippen MR) is 60.7 cm³/mol. The van der Waals surface area contributed by atoms with E-state index < -0.39 is 11.9 Å². The van der Waals surface area contributed by atoms with Crippen LogP contribution in [0.5, 0.6) is 0 Å². The van der Waals surface area contributed by atoms with Crippen LogP contribution in [0.25, 0.3) is 0 Å². The molecular weight excluding hydrogens is 206 g/mol. The van der Waals surface area contributed by atoms with Gasteiger partial charge in [0, 0.05) is 5.54 Å². The molecule has 0 radical (unpaired) electrons. The molecule has 0 aromatic carbocycles. The van der Waals surface area contributed by atoms with Gasteiger partial charge in [-0.15, -0.1) is 0 Å². The molecule has 0 saturated carbocycles. The van der Waals surface area contributed by atoms with E-state index in [2.05, 4.69) is 4.74 Å². The quantitative estimate of drug-likeness (QED) is 0.308. The van der Waals surface area contributed by atoms with Gasteiger partial charge in [0.25, 0.3) is 0 Å². The Morgan fingerprint density at radius 3 is 2.38 bits per heavy atom. The van der Waals surface area contributed by atoms with Crippen molar-refractivity contribution in [3.05, 3.63) is 12.2 Å². The highest BCUT2D eigenvalue weighted by atomic mass is 16.5. The number of likely N-dealkylation sites (tertiary alicyclic amines) is 1. The van der Waals surface area contributed by atoms with E-state index in [1.807, 2.05) is 39.8 Å². The second-order valence-electron chi connectivity index (χ2n) is 4.90. The first-order chi connectivity index (χ1) is 7.34. The van der Waals surface area contributed by atoms with Crippen LogP contribution in [0.2, 0.25) is 0 Å². The maximum Gasteiger partial charge on any atom is 0.320 e. The molecule has 4 heteroatoms. The first-order valence-corrected chi connectivity index (χ1v) is 5.38. The third kappa shape index (κ3) is 1.96. The average molecular weight is 225 g/mol. The van der Waals surface area contributed by atoms with Gasteiger partial charge in [0.15, 0.2) is 5.92 Å². The van der Waals surface area contributed by atoms with Gasteiger partial charge in [-0.1, -0.05) is 12.2 Å². The largest absolute Gasteiger partial charge is 0.468 e. The van der Waals surface area contributed by atoms with E-state index in [4.69, 9.17) is 0 Å². The fourth-order valence-electron chi connectivity index (χ4n) is 2.05. The summed E-state index contributed by atoms with van der Waals surface area (Å²) in [5, 5.41) is 0. The number of amides is 1. The maximum atomic E-state index is 11.9. The Morgan fingerprint density at radius 1 is 1.44 bits per heavy atom. The SMILES string of the molecule is C/C=C/[C@H]1[C@H](C(=O)OC)C(=O)N1C(C)(C)C. The molecule has 0 bridgehead atoms. The molecule has 90 valence electrons. The van der Waals surface area contributed by atoms with Crippen LogP contribution in [0.3, 0.4) is 0 Å². The molecule has 1 saturated heterocycles. The summed E-state index contributed by atoms with van der Waals surface area (Å²) in [6, 6.07) is -0.176. The van der Waals surface area contributed by atoms with Crippen LogP contribution in [0, 0.1) is 5.92 Å². The second-order valence-corrected chi connectivity index (χ2v) is 4.90. The van der Waals surface area contributed by atoms with E-state index in [1.165, 1.54) is 7.11 Å². The molecule has 0 unspecified atom stereocenters. The molecular formula is C12H19NO3. The van der Waals surface area contributed by atoms with Crippen molar-refractivity contribution in [3.63, 3.8) is 0 Å². The summed E-state index contributed by atoms with van der Waals surface area (Å²) in [6.45, 7) is 7.73. The molecule has 0 spiro atoms. The molecule has 1 aliphatic heterocycles. The third-order valence-electron chi connectivity index (χ3n) is 2.71. The van der Waals surface area contributed by atoms with Gasteiger partial charge in [-0.05, 0) is 27.7 Å². The summed E-state index contributed by atoms with van der Waals surface area (Å²) in [7, 11) is 1.31. The van der Waals surface area contributed by atoms with E-state index >= 15 is 0 Å². The highest BCUT2D eigenvalue weighted by molar-refractivity contribution is 6.04. The number of ether oxygens (including phenoxy) is 1. The Balaban J connectivity index is 2.94. The molecule has 4 nitrogen and oxygen atoms in total. The highest BCUT2D eigenvalue weighted by Crippen LogP contribution is 2.35. The van der Waals surface area contributed by atoms with Crippen molar-refractivity contribution < 1.29 is 14.3 Å². The summed E-state index contributed by atoms with van der Waals surface area (Å²) in [6.07, 6.45) is 3.72. The van der Waals surface area contributed by atoms with Crippen LogP contribution < -0.4 is 0 Å². The summed E-state index contributed by atoms with van der Waals surface area (Å²) in [5.41, 5.74) is -0.272. The third-order valence-corrected chi connectivity index (χ3v) is 2.71. The normalized spacial score (nSPS) is 25.8. The number of allylic oxidation sites excluding steroid dienone is 1. The van der Waals surface area contributed by atoms with Crippen LogP contribution in [0.1, 0.15) is 27.7 Å². The minimum Gasteiger partial charge on any atom is -0.468 e. The van der Waals surface area contributed by atoms with Gasteiger partial charge in [-0.25, -0.2) is 0 Å². The Morgan fingerprint density at radius 2 is 2.00 bits per heavy atom. The topological polar surface area (TPSA) is 46.6 Å². The lowest BCUT2D eigenvalue weighted by atomic mass is 9.82. The molecule has 1 aliphatic rings. The Kier molecular flexibility index (Phi) is 3.41. The van der Waals surface area contributed by atoms with Gasteiger partial charge in [-0.2, -0.15) is 0 Å². The zero-order valence-corrected chi connectivity index (χ0v) is 10.5. The van der Waals surface area contributed by atoms with Crippen molar-refractivity contribution in [3.8, 4) is 0 Å². The van der Waals surface area contributed by atoms with Gasteiger partial charge < -0.3 is 9.64 Å². The summed E-state index contributed by atoms with van der Waals surface area (Å²) >= 11 is 0. The van der Waals surface area contributed by atoms with Crippen molar-refractivity contribution in [2.24, 2.45) is 5.92 Å². The lowest BCUT2D eigenvalue weighted by molar-refractivity contribution is -0.174.